The molecule has 0 amide bonds. The molecule has 4 heteroatoms. The van der Waals surface area contributed by atoms with E-state index in [4.69, 9.17) is 9.84 Å². The maximum absolute atomic E-state index is 12.7. The number of rotatable bonds is 38. The second-order valence-corrected chi connectivity index (χ2v) is 14.2. The summed E-state index contributed by atoms with van der Waals surface area (Å²) in [6.07, 6.45) is 56.7. The Morgan fingerprint density at radius 1 is 0.440 bits per heavy atom. The molecule has 0 aliphatic carbocycles. The Kier molecular flexibility index (Phi) is 39.1. The summed E-state index contributed by atoms with van der Waals surface area (Å²) in [5.74, 6) is -0.743. The van der Waals surface area contributed by atoms with E-state index in [-0.39, 0.29) is 18.5 Å². The number of hydrogen-bond donors (Lipinski definition) is 1. The summed E-state index contributed by atoms with van der Waals surface area (Å²) in [7, 11) is 0. The molecule has 0 bridgehead atoms. The summed E-state index contributed by atoms with van der Waals surface area (Å²) in [5.41, 5.74) is 0. The largest absolute Gasteiger partial charge is 0.481 e. The summed E-state index contributed by atoms with van der Waals surface area (Å²) in [6.45, 7) is 4.51. The van der Waals surface area contributed by atoms with Crippen LogP contribution in [0.2, 0.25) is 0 Å². The first-order chi connectivity index (χ1) is 24.6. The van der Waals surface area contributed by atoms with E-state index in [1.54, 1.807) is 0 Å². The van der Waals surface area contributed by atoms with Gasteiger partial charge in [-0.15, -0.1) is 0 Å². The van der Waals surface area contributed by atoms with Gasteiger partial charge in [0.25, 0.3) is 0 Å². The number of allylic oxidation sites excluding steroid dienone is 10. The highest BCUT2D eigenvalue weighted by molar-refractivity contribution is 5.69. The summed E-state index contributed by atoms with van der Waals surface area (Å²) in [5, 5.41) is 8.83. The van der Waals surface area contributed by atoms with E-state index in [0.717, 1.165) is 96.3 Å². The van der Waals surface area contributed by atoms with Gasteiger partial charge >= 0.3 is 11.9 Å². The lowest BCUT2D eigenvalue weighted by molar-refractivity contribution is -0.150. The van der Waals surface area contributed by atoms with E-state index < -0.39 is 5.97 Å². The molecule has 50 heavy (non-hydrogen) atoms. The van der Waals surface area contributed by atoms with E-state index in [1.165, 1.54) is 89.9 Å². The van der Waals surface area contributed by atoms with Crippen LogP contribution in [-0.4, -0.2) is 23.1 Å². The van der Waals surface area contributed by atoms with Crippen LogP contribution >= 0.6 is 0 Å². The van der Waals surface area contributed by atoms with Crippen molar-refractivity contribution in [3.8, 4) is 0 Å². The Morgan fingerprint density at radius 3 is 1.32 bits per heavy atom. The highest BCUT2D eigenvalue weighted by atomic mass is 16.5. The third-order valence-corrected chi connectivity index (χ3v) is 9.21. The normalized spacial score (nSPS) is 12.8. The second kappa shape index (κ2) is 41.1. The summed E-state index contributed by atoms with van der Waals surface area (Å²) in [4.78, 5) is 23.4. The van der Waals surface area contributed by atoms with Crippen LogP contribution in [0.3, 0.4) is 0 Å². The van der Waals surface area contributed by atoms with Crippen molar-refractivity contribution < 1.29 is 19.4 Å². The van der Waals surface area contributed by atoms with Crippen molar-refractivity contribution in [3.05, 3.63) is 60.8 Å². The molecule has 0 aromatic heterocycles. The molecule has 0 aromatic rings. The Bertz CT molecular complexity index is 881. The topological polar surface area (TPSA) is 63.6 Å². The first kappa shape index (κ1) is 47.6. The van der Waals surface area contributed by atoms with Crippen molar-refractivity contribution in [1.29, 1.82) is 0 Å². The van der Waals surface area contributed by atoms with Crippen LogP contribution in [0.4, 0.5) is 0 Å². The minimum atomic E-state index is -0.709. The molecule has 1 atom stereocenters. The fourth-order valence-corrected chi connectivity index (χ4v) is 6.05. The van der Waals surface area contributed by atoms with Crippen LogP contribution in [0.1, 0.15) is 213 Å². The molecular formula is C46H80O4. The van der Waals surface area contributed by atoms with Gasteiger partial charge < -0.3 is 9.84 Å². The second-order valence-electron chi connectivity index (χ2n) is 14.2. The van der Waals surface area contributed by atoms with Crippen molar-refractivity contribution in [1.82, 2.24) is 0 Å². The number of carbonyl (C=O) groups excluding carboxylic acids is 1. The molecule has 0 radical (unpaired) electrons. The van der Waals surface area contributed by atoms with Gasteiger partial charge in [0, 0.05) is 12.8 Å². The van der Waals surface area contributed by atoms with Gasteiger partial charge in [0.05, 0.1) is 0 Å². The maximum atomic E-state index is 12.7. The Labute approximate surface area is 310 Å². The molecule has 0 aliphatic rings. The van der Waals surface area contributed by atoms with Crippen LogP contribution in [0.5, 0.6) is 0 Å². The predicted molar refractivity (Wildman–Crippen MR) is 218 cm³/mol. The monoisotopic (exact) mass is 697 g/mol. The van der Waals surface area contributed by atoms with Gasteiger partial charge in [0.1, 0.15) is 6.10 Å². The van der Waals surface area contributed by atoms with Gasteiger partial charge in [-0.2, -0.15) is 0 Å². The van der Waals surface area contributed by atoms with Crippen LogP contribution in [-0.2, 0) is 14.3 Å². The SMILES string of the molecule is CCCCC/C=C\C/C=C\C/C=C\CCCCCCCCC(=O)OC(CCC/C=C\C/C=C\CCCCCCC)CCCCCCCC(=O)O. The quantitative estimate of drug-likeness (QED) is 0.0396. The Balaban J connectivity index is 4.11. The number of carboxylic acids is 1. The van der Waals surface area contributed by atoms with Gasteiger partial charge in [-0.05, 0) is 103 Å². The predicted octanol–water partition coefficient (Wildman–Crippen LogP) is 14.9. The molecule has 0 saturated heterocycles. The molecule has 0 fully saturated rings. The number of carbonyl (C=O) groups is 2. The lowest BCUT2D eigenvalue weighted by Crippen LogP contribution is -2.18. The first-order valence-electron chi connectivity index (χ1n) is 21.3. The standard InChI is InChI=1S/C46H80O4/c1-3-5-7-9-11-13-15-17-18-19-20-21-22-24-26-28-30-35-39-43-46(49)50-44(41-37-33-31-34-38-42-45(47)48)40-36-32-29-27-25-23-16-14-12-10-8-6-4-2/h11,13,16-18,20-21,23,27,29,44H,3-10,12,14-15,19,22,24-26,28,30-43H2,1-2H3,(H,47,48)/b13-11-,18-17-,21-20-,23-16-,29-27-. The molecule has 0 saturated carbocycles. The number of aliphatic carboxylic acids is 1. The highest BCUT2D eigenvalue weighted by Crippen LogP contribution is 2.18. The number of hydrogen-bond acceptors (Lipinski definition) is 3. The lowest BCUT2D eigenvalue weighted by Gasteiger charge is -2.18. The third-order valence-electron chi connectivity index (χ3n) is 9.21. The molecule has 288 valence electrons. The van der Waals surface area contributed by atoms with Gasteiger partial charge in [0.15, 0.2) is 0 Å². The Morgan fingerprint density at radius 2 is 0.800 bits per heavy atom. The zero-order chi connectivity index (χ0) is 36.4. The summed E-state index contributed by atoms with van der Waals surface area (Å²) >= 11 is 0. The first-order valence-corrected chi connectivity index (χ1v) is 21.3. The number of ether oxygens (including phenoxy) is 1. The molecule has 0 spiro atoms. The fourth-order valence-electron chi connectivity index (χ4n) is 6.05. The van der Waals surface area contributed by atoms with Crippen LogP contribution < -0.4 is 0 Å². The number of carboxylic acid groups (broad SMARTS) is 1. The van der Waals surface area contributed by atoms with E-state index in [9.17, 15) is 9.59 Å². The molecule has 0 aliphatic heterocycles. The molecule has 4 nitrogen and oxygen atoms in total. The molecule has 0 heterocycles. The van der Waals surface area contributed by atoms with Crippen molar-refractivity contribution >= 4 is 11.9 Å². The van der Waals surface area contributed by atoms with E-state index in [1.807, 2.05) is 0 Å². The fraction of sp³-hybridized carbons (Fsp3) is 0.739. The molecule has 0 rings (SSSR count). The van der Waals surface area contributed by atoms with E-state index in [2.05, 4.69) is 74.6 Å². The maximum Gasteiger partial charge on any atom is 0.306 e. The van der Waals surface area contributed by atoms with Crippen molar-refractivity contribution in [3.63, 3.8) is 0 Å². The molecule has 0 aromatic carbocycles. The van der Waals surface area contributed by atoms with Crippen LogP contribution in [0, 0.1) is 0 Å². The van der Waals surface area contributed by atoms with E-state index >= 15 is 0 Å². The van der Waals surface area contributed by atoms with Crippen LogP contribution in [0.25, 0.3) is 0 Å². The third kappa shape index (κ3) is 40.1. The zero-order valence-corrected chi connectivity index (χ0v) is 32.9. The summed E-state index contributed by atoms with van der Waals surface area (Å²) < 4.78 is 5.99. The lowest BCUT2D eigenvalue weighted by atomic mass is 10.0. The summed E-state index contributed by atoms with van der Waals surface area (Å²) in [6, 6.07) is 0. The van der Waals surface area contributed by atoms with Gasteiger partial charge in [-0.1, -0.05) is 158 Å². The van der Waals surface area contributed by atoms with Crippen LogP contribution in [0.15, 0.2) is 60.8 Å². The van der Waals surface area contributed by atoms with Crippen molar-refractivity contribution in [2.24, 2.45) is 0 Å². The van der Waals surface area contributed by atoms with Crippen molar-refractivity contribution in [2.75, 3.05) is 0 Å². The Hall–Kier alpha value is -2.36. The molecule has 1 unspecified atom stereocenters. The highest BCUT2D eigenvalue weighted by Gasteiger charge is 2.14. The number of unbranched alkanes of at least 4 members (excludes halogenated alkanes) is 19. The van der Waals surface area contributed by atoms with Gasteiger partial charge in [0.2, 0.25) is 0 Å². The van der Waals surface area contributed by atoms with Gasteiger partial charge in [-0.25, -0.2) is 0 Å². The minimum absolute atomic E-state index is 0.00299. The smallest absolute Gasteiger partial charge is 0.306 e. The van der Waals surface area contributed by atoms with E-state index in [0.29, 0.717) is 6.42 Å². The zero-order valence-electron chi connectivity index (χ0n) is 32.9. The van der Waals surface area contributed by atoms with Gasteiger partial charge in [-0.3, -0.25) is 9.59 Å². The van der Waals surface area contributed by atoms with Crippen molar-refractivity contribution in [2.45, 2.75) is 219 Å². The number of esters is 1. The average Bonchev–Trinajstić information content (AvgIpc) is 3.10. The molecule has 1 N–H and O–H groups in total. The average molecular weight is 697 g/mol. The minimum Gasteiger partial charge on any atom is -0.481 e. The molecular weight excluding hydrogens is 617 g/mol.